The lowest BCUT2D eigenvalue weighted by Gasteiger charge is -2.06. The summed E-state index contributed by atoms with van der Waals surface area (Å²) in [4.78, 5) is 11.3. The second-order valence-corrected chi connectivity index (χ2v) is 8.88. The van der Waals surface area contributed by atoms with Crippen LogP contribution in [0.1, 0.15) is 23.7 Å². The zero-order valence-electron chi connectivity index (χ0n) is 10.8. The van der Waals surface area contributed by atoms with Crippen LogP contribution in [0.25, 0.3) is 0 Å². The maximum atomic E-state index is 12.0. The average molecular weight is 383 g/mol. The summed E-state index contributed by atoms with van der Waals surface area (Å²) in [5, 5.41) is 8.98. The van der Waals surface area contributed by atoms with Gasteiger partial charge in [0.15, 0.2) is 9.84 Å². The van der Waals surface area contributed by atoms with E-state index in [9.17, 15) is 17.4 Å². The zero-order chi connectivity index (χ0) is 15.3. The summed E-state index contributed by atoms with van der Waals surface area (Å²) in [6.07, 6.45) is 0.524. The lowest BCUT2D eigenvalue weighted by Crippen LogP contribution is -2.16. The minimum atomic E-state index is -3.19. The largest absolute Gasteiger partial charge is 0.478 e. The van der Waals surface area contributed by atoms with E-state index in [1.54, 1.807) is 6.92 Å². The number of carboxylic acids is 1. The quantitative estimate of drug-likeness (QED) is 0.779. The number of benzene rings is 1. The Hall–Kier alpha value is -0.730. The Balaban J connectivity index is 2.84. The van der Waals surface area contributed by atoms with Crippen LogP contribution in [-0.4, -0.2) is 41.0 Å². The van der Waals surface area contributed by atoms with Crippen LogP contribution < -0.4 is 0 Å². The molecule has 112 valence electrons. The molecule has 1 rings (SSSR count). The van der Waals surface area contributed by atoms with E-state index in [0.717, 1.165) is 0 Å². The lowest BCUT2D eigenvalue weighted by atomic mass is 10.2. The summed E-state index contributed by atoms with van der Waals surface area (Å²) >= 11 is 3.10. The van der Waals surface area contributed by atoms with Gasteiger partial charge in [0, 0.05) is 20.9 Å². The van der Waals surface area contributed by atoms with Crippen LogP contribution in [0.5, 0.6) is 0 Å². The van der Waals surface area contributed by atoms with Crippen molar-refractivity contribution in [2.75, 3.05) is 17.3 Å². The van der Waals surface area contributed by atoms with Crippen LogP contribution in [0.3, 0.4) is 0 Å². The predicted octanol–water partition coefficient (Wildman–Crippen LogP) is 2.08. The van der Waals surface area contributed by atoms with Gasteiger partial charge in [-0.2, -0.15) is 0 Å². The molecule has 0 saturated carbocycles. The molecule has 0 heterocycles. The summed E-state index contributed by atoms with van der Waals surface area (Å²) in [5.41, 5.74) is 0.00673. The van der Waals surface area contributed by atoms with E-state index in [0.29, 0.717) is 15.8 Å². The SMILES string of the molecule is CCCS(=O)(=O)CCS(=O)c1ccc(Br)c(C(=O)O)c1. The van der Waals surface area contributed by atoms with Gasteiger partial charge in [0.25, 0.3) is 0 Å². The van der Waals surface area contributed by atoms with Crippen LogP contribution >= 0.6 is 15.9 Å². The summed E-state index contributed by atoms with van der Waals surface area (Å²) in [6.45, 7) is 1.77. The molecule has 0 fully saturated rings. The van der Waals surface area contributed by atoms with Crippen molar-refractivity contribution in [3.05, 3.63) is 28.2 Å². The van der Waals surface area contributed by atoms with E-state index in [4.69, 9.17) is 5.11 Å². The summed E-state index contributed by atoms with van der Waals surface area (Å²) in [7, 11) is -4.72. The molecular weight excluding hydrogens is 368 g/mol. The third-order valence-corrected chi connectivity index (χ3v) is 6.69. The number of hydrogen-bond acceptors (Lipinski definition) is 4. The first-order chi connectivity index (χ1) is 9.26. The Bertz CT molecular complexity index is 625. The number of rotatable bonds is 7. The van der Waals surface area contributed by atoms with E-state index < -0.39 is 26.6 Å². The Kier molecular flexibility index (Phi) is 6.35. The van der Waals surface area contributed by atoms with Crippen molar-refractivity contribution >= 4 is 42.5 Å². The molecule has 0 radical (unpaired) electrons. The van der Waals surface area contributed by atoms with Crippen molar-refractivity contribution in [3.63, 3.8) is 0 Å². The standard InChI is InChI=1S/C12H15BrO5S2/c1-2-6-20(17,18)7-5-19(16)9-3-4-11(13)10(8-9)12(14)15/h3-4,8H,2,5-7H2,1H3,(H,14,15). The fraction of sp³-hybridized carbons (Fsp3) is 0.417. The van der Waals surface area contributed by atoms with Gasteiger partial charge in [-0.15, -0.1) is 0 Å². The Labute approximate surface area is 128 Å². The fourth-order valence-electron chi connectivity index (χ4n) is 1.54. The second-order valence-electron chi connectivity index (χ2n) is 4.15. The summed E-state index contributed by atoms with van der Waals surface area (Å²) in [5.74, 6) is -1.24. The van der Waals surface area contributed by atoms with Crippen molar-refractivity contribution in [1.29, 1.82) is 0 Å². The first-order valence-electron chi connectivity index (χ1n) is 5.88. The van der Waals surface area contributed by atoms with Gasteiger partial charge in [0.1, 0.15) is 0 Å². The predicted molar refractivity (Wildman–Crippen MR) is 81.3 cm³/mol. The van der Waals surface area contributed by atoms with Gasteiger partial charge in [-0.3, -0.25) is 4.21 Å². The van der Waals surface area contributed by atoms with Gasteiger partial charge in [-0.1, -0.05) is 6.92 Å². The monoisotopic (exact) mass is 382 g/mol. The summed E-state index contributed by atoms with van der Waals surface area (Å²) in [6, 6.07) is 4.32. The third-order valence-electron chi connectivity index (χ3n) is 2.53. The molecule has 0 aromatic heterocycles. The Morgan fingerprint density at radius 3 is 2.55 bits per heavy atom. The molecule has 0 amide bonds. The lowest BCUT2D eigenvalue weighted by molar-refractivity contribution is 0.0695. The minimum Gasteiger partial charge on any atom is -0.478 e. The zero-order valence-corrected chi connectivity index (χ0v) is 14.1. The molecule has 5 nitrogen and oxygen atoms in total. The molecule has 1 aromatic rings. The highest BCUT2D eigenvalue weighted by atomic mass is 79.9. The smallest absolute Gasteiger partial charge is 0.336 e. The van der Waals surface area contributed by atoms with Crippen LogP contribution in [0, 0.1) is 0 Å². The highest BCUT2D eigenvalue weighted by Crippen LogP contribution is 2.20. The van der Waals surface area contributed by atoms with Gasteiger partial charge in [0.05, 0.1) is 22.1 Å². The van der Waals surface area contributed by atoms with Crippen LogP contribution in [0.2, 0.25) is 0 Å². The molecule has 0 bridgehead atoms. The molecule has 8 heteroatoms. The fourth-order valence-corrected chi connectivity index (χ4v) is 5.11. The first kappa shape index (κ1) is 17.3. The van der Waals surface area contributed by atoms with E-state index in [1.165, 1.54) is 18.2 Å². The van der Waals surface area contributed by atoms with Gasteiger partial charge in [-0.25, -0.2) is 13.2 Å². The van der Waals surface area contributed by atoms with E-state index in [-0.39, 0.29) is 22.8 Å². The highest BCUT2D eigenvalue weighted by molar-refractivity contribution is 9.10. The summed E-state index contributed by atoms with van der Waals surface area (Å²) < 4.78 is 35.5. The van der Waals surface area contributed by atoms with Crippen molar-refractivity contribution in [2.45, 2.75) is 18.2 Å². The van der Waals surface area contributed by atoms with Crippen molar-refractivity contribution in [1.82, 2.24) is 0 Å². The molecule has 1 N–H and O–H groups in total. The maximum Gasteiger partial charge on any atom is 0.336 e. The Morgan fingerprint density at radius 2 is 2.00 bits per heavy atom. The average Bonchev–Trinajstić information content (AvgIpc) is 2.36. The molecular formula is C12H15BrO5S2. The van der Waals surface area contributed by atoms with E-state index in [1.807, 2.05) is 0 Å². The maximum absolute atomic E-state index is 12.0. The number of aromatic carboxylic acids is 1. The molecule has 0 saturated heterocycles. The Morgan fingerprint density at radius 1 is 1.35 bits per heavy atom. The highest BCUT2D eigenvalue weighted by Gasteiger charge is 2.15. The number of sulfone groups is 1. The topological polar surface area (TPSA) is 88.5 Å². The number of carboxylic acid groups (broad SMARTS) is 1. The molecule has 0 spiro atoms. The van der Waals surface area contributed by atoms with Gasteiger partial charge in [0.2, 0.25) is 0 Å². The molecule has 1 aromatic carbocycles. The molecule has 0 aliphatic heterocycles. The molecule has 0 aliphatic carbocycles. The molecule has 20 heavy (non-hydrogen) atoms. The van der Waals surface area contributed by atoms with E-state index >= 15 is 0 Å². The van der Waals surface area contributed by atoms with Crippen LogP contribution in [0.15, 0.2) is 27.6 Å². The van der Waals surface area contributed by atoms with E-state index in [2.05, 4.69) is 15.9 Å². The van der Waals surface area contributed by atoms with Crippen molar-refractivity contribution < 1.29 is 22.5 Å². The first-order valence-corrected chi connectivity index (χ1v) is 9.82. The minimum absolute atomic E-state index is 0.00673. The van der Waals surface area contributed by atoms with Gasteiger partial charge >= 0.3 is 5.97 Å². The van der Waals surface area contributed by atoms with Gasteiger partial charge in [-0.05, 0) is 40.5 Å². The number of halogens is 1. The van der Waals surface area contributed by atoms with Crippen LogP contribution in [-0.2, 0) is 20.6 Å². The molecule has 0 aliphatic rings. The number of carbonyl (C=O) groups is 1. The normalized spacial score (nSPS) is 13.1. The third kappa shape index (κ3) is 4.99. The molecule has 1 unspecified atom stereocenters. The molecule has 1 atom stereocenters. The van der Waals surface area contributed by atoms with Gasteiger partial charge < -0.3 is 5.11 Å². The van der Waals surface area contributed by atoms with Crippen LogP contribution in [0.4, 0.5) is 0 Å². The van der Waals surface area contributed by atoms with Crippen molar-refractivity contribution in [2.24, 2.45) is 0 Å². The second kappa shape index (κ2) is 7.33. The van der Waals surface area contributed by atoms with Crippen molar-refractivity contribution in [3.8, 4) is 0 Å². The number of hydrogen-bond donors (Lipinski definition) is 1.